The molecule has 0 atom stereocenters. The Morgan fingerprint density at radius 3 is 1.84 bits per heavy atom. The Labute approximate surface area is 330 Å². The fourth-order valence-corrected chi connectivity index (χ4v) is 9.84. The Morgan fingerprint density at radius 2 is 1.02 bits per heavy atom. The van der Waals surface area contributed by atoms with Gasteiger partial charge >= 0.3 is 0 Å². The fourth-order valence-electron chi connectivity index (χ4n) is 8.49. The Balaban J connectivity index is 1.08. The first-order valence-electron chi connectivity index (χ1n) is 19.0. The number of fused-ring (bicyclic) bond motifs is 10. The molecule has 0 aliphatic carbocycles. The van der Waals surface area contributed by atoms with Crippen molar-refractivity contribution in [2.45, 2.75) is 0 Å². The fraction of sp³-hybridized carbons (Fsp3) is 0. The van der Waals surface area contributed by atoms with Crippen LogP contribution in [0.5, 0.6) is 0 Å². The highest BCUT2D eigenvalue weighted by Crippen LogP contribution is 2.46. The van der Waals surface area contributed by atoms with Crippen LogP contribution in [0, 0.1) is 0 Å². The van der Waals surface area contributed by atoms with E-state index in [0.717, 1.165) is 60.1 Å². The van der Waals surface area contributed by atoms with Gasteiger partial charge in [-0.25, -0.2) is 15.0 Å². The summed E-state index contributed by atoms with van der Waals surface area (Å²) in [4.78, 5) is 15.5. The van der Waals surface area contributed by atoms with Crippen molar-refractivity contribution in [3.63, 3.8) is 0 Å². The average molecular weight is 747 g/mol. The average Bonchev–Trinajstić information content (AvgIpc) is 3.96. The van der Waals surface area contributed by atoms with E-state index in [1.54, 1.807) is 0 Å². The van der Waals surface area contributed by atoms with Gasteiger partial charge < -0.3 is 8.98 Å². The first-order valence-corrected chi connectivity index (χ1v) is 19.8. The molecule has 0 aliphatic heterocycles. The predicted molar refractivity (Wildman–Crippen MR) is 236 cm³/mol. The molecule has 266 valence electrons. The normalized spacial score (nSPS) is 11.9. The summed E-state index contributed by atoms with van der Waals surface area (Å²) < 4.78 is 11.3. The summed E-state index contributed by atoms with van der Waals surface area (Å²) in [6, 6.07) is 63.6. The molecule has 0 aliphatic rings. The number of aromatic nitrogens is 4. The van der Waals surface area contributed by atoms with Crippen LogP contribution >= 0.6 is 11.3 Å². The van der Waals surface area contributed by atoms with Gasteiger partial charge in [-0.05, 0) is 53.6 Å². The molecule has 6 heteroatoms. The Kier molecular flexibility index (Phi) is 7.03. The molecule has 4 aromatic heterocycles. The Morgan fingerprint density at radius 1 is 0.404 bits per heavy atom. The minimum Gasteiger partial charge on any atom is -0.456 e. The molecule has 0 N–H and O–H groups in total. The largest absolute Gasteiger partial charge is 0.456 e. The Bertz CT molecular complexity index is 3510. The topological polar surface area (TPSA) is 56.7 Å². The number of furan rings is 1. The zero-order chi connectivity index (χ0) is 37.5. The van der Waals surface area contributed by atoms with E-state index >= 15 is 0 Å². The second-order valence-electron chi connectivity index (χ2n) is 14.3. The van der Waals surface area contributed by atoms with Gasteiger partial charge in [-0.15, -0.1) is 11.3 Å². The standard InChI is InChI=1S/C51H30N4OS/c1-4-14-31(15-5-1)35-21-13-25-43-45(35)40-27-26-33(30-44(40)56-43)50-52-49(32-16-6-2-7-17-32)53-51(54-50)41-23-12-22-38-39-29-28-37-36-20-10-11-24-42(36)55(34-18-8-3-9-19-34)46(37)48(39)57-47(38)41/h1-30H. The molecule has 0 amide bonds. The molecule has 0 fully saturated rings. The van der Waals surface area contributed by atoms with Crippen LogP contribution in [0.3, 0.4) is 0 Å². The maximum atomic E-state index is 6.52. The summed E-state index contributed by atoms with van der Waals surface area (Å²) in [5, 5.41) is 7.03. The van der Waals surface area contributed by atoms with Crippen LogP contribution in [0.25, 0.3) is 115 Å². The van der Waals surface area contributed by atoms with E-state index in [0.29, 0.717) is 17.5 Å². The third-order valence-corrected chi connectivity index (χ3v) is 12.3. The number of para-hydroxylation sites is 2. The van der Waals surface area contributed by atoms with Crippen LogP contribution in [0.2, 0.25) is 0 Å². The molecule has 0 saturated heterocycles. The van der Waals surface area contributed by atoms with Gasteiger partial charge in [0.25, 0.3) is 0 Å². The molecular formula is C51H30N4OS. The maximum Gasteiger partial charge on any atom is 0.165 e. The van der Waals surface area contributed by atoms with Gasteiger partial charge in [0.05, 0.1) is 15.7 Å². The summed E-state index contributed by atoms with van der Waals surface area (Å²) >= 11 is 1.81. The highest BCUT2D eigenvalue weighted by Gasteiger charge is 2.21. The summed E-state index contributed by atoms with van der Waals surface area (Å²) in [5.41, 5.74) is 10.2. The molecule has 12 aromatic rings. The van der Waals surface area contributed by atoms with Gasteiger partial charge in [0.15, 0.2) is 17.5 Å². The van der Waals surface area contributed by atoms with E-state index in [4.69, 9.17) is 19.4 Å². The van der Waals surface area contributed by atoms with Crippen LogP contribution in [0.1, 0.15) is 0 Å². The molecule has 0 bridgehead atoms. The van der Waals surface area contributed by atoms with Gasteiger partial charge in [0.1, 0.15) is 11.2 Å². The molecule has 12 rings (SSSR count). The van der Waals surface area contributed by atoms with Crippen LogP contribution < -0.4 is 0 Å². The molecule has 0 radical (unpaired) electrons. The number of benzene rings is 8. The van der Waals surface area contributed by atoms with Crippen molar-refractivity contribution in [1.29, 1.82) is 0 Å². The third kappa shape index (κ3) is 4.98. The SMILES string of the molecule is c1ccc(-c2nc(-c3ccc4c(c3)oc3cccc(-c5ccccc5)c34)nc(-c3cccc4c3sc3c4ccc4c5ccccc5n(-c5ccccc5)c43)n2)cc1. The van der Waals surface area contributed by atoms with Crippen LogP contribution in [0.4, 0.5) is 0 Å². The van der Waals surface area contributed by atoms with Gasteiger partial charge in [-0.2, -0.15) is 0 Å². The molecule has 0 unspecified atom stereocenters. The maximum absolute atomic E-state index is 6.52. The number of hydrogen-bond donors (Lipinski definition) is 0. The summed E-state index contributed by atoms with van der Waals surface area (Å²) in [6.45, 7) is 0. The van der Waals surface area contributed by atoms with Gasteiger partial charge in [-0.3, -0.25) is 0 Å². The molecule has 0 saturated carbocycles. The lowest BCUT2D eigenvalue weighted by atomic mass is 9.99. The van der Waals surface area contributed by atoms with Crippen molar-refractivity contribution < 1.29 is 4.42 Å². The first-order chi connectivity index (χ1) is 28.3. The number of rotatable bonds is 5. The van der Waals surface area contributed by atoms with Crippen molar-refractivity contribution >= 4 is 75.3 Å². The summed E-state index contributed by atoms with van der Waals surface area (Å²) in [7, 11) is 0. The van der Waals surface area contributed by atoms with E-state index < -0.39 is 0 Å². The van der Waals surface area contributed by atoms with Crippen LogP contribution in [-0.2, 0) is 0 Å². The molecule has 8 aromatic carbocycles. The molecule has 57 heavy (non-hydrogen) atoms. The summed E-state index contributed by atoms with van der Waals surface area (Å²) in [5.74, 6) is 1.84. The monoisotopic (exact) mass is 746 g/mol. The Hall–Kier alpha value is -7.41. The third-order valence-electron chi connectivity index (χ3n) is 11.1. The van der Waals surface area contributed by atoms with Gasteiger partial charge in [-0.1, -0.05) is 140 Å². The quantitative estimate of drug-likeness (QED) is 0.176. The zero-order valence-electron chi connectivity index (χ0n) is 30.4. The van der Waals surface area contributed by atoms with E-state index in [1.807, 2.05) is 41.7 Å². The minimum absolute atomic E-state index is 0.592. The van der Waals surface area contributed by atoms with Crippen molar-refractivity contribution in [1.82, 2.24) is 19.5 Å². The van der Waals surface area contributed by atoms with Gasteiger partial charge in [0, 0.05) is 59.4 Å². The lowest BCUT2D eigenvalue weighted by Crippen LogP contribution is -2.00. The lowest BCUT2D eigenvalue weighted by Gasteiger charge is -2.09. The predicted octanol–water partition coefficient (Wildman–Crippen LogP) is 13.9. The van der Waals surface area contributed by atoms with E-state index in [2.05, 4.69) is 156 Å². The smallest absolute Gasteiger partial charge is 0.165 e. The van der Waals surface area contributed by atoms with Crippen LogP contribution in [0.15, 0.2) is 186 Å². The van der Waals surface area contributed by atoms with Crippen molar-refractivity contribution in [2.24, 2.45) is 0 Å². The van der Waals surface area contributed by atoms with Crippen molar-refractivity contribution in [3.8, 4) is 51.0 Å². The van der Waals surface area contributed by atoms with Crippen molar-refractivity contribution in [2.75, 3.05) is 0 Å². The summed E-state index contributed by atoms with van der Waals surface area (Å²) in [6.07, 6.45) is 0. The highest BCUT2D eigenvalue weighted by molar-refractivity contribution is 7.27. The molecule has 5 nitrogen and oxygen atoms in total. The minimum atomic E-state index is 0.592. The first kappa shape index (κ1) is 31.9. The van der Waals surface area contributed by atoms with E-state index in [1.165, 1.54) is 37.3 Å². The number of thiophene rings is 1. The highest BCUT2D eigenvalue weighted by atomic mass is 32.1. The zero-order valence-corrected chi connectivity index (χ0v) is 31.2. The van der Waals surface area contributed by atoms with Gasteiger partial charge in [0.2, 0.25) is 0 Å². The molecular weight excluding hydrogens is 717 g/mol. The van der Waals surface area contributed by atoms with Crippen LogP contribution in [-0.4, -0.2) is 19.5 Å². The molecule has 0 spiro atoms. The van der Waals surface area contributed by atoms with Crippen molar-refractivity contribution in [3.05, 3.63) is 182 Å². The van der Waals surface area contributed by atoms with E-state index in [9.17, 15) is 0 Å². The lowest BCUT2D eigenvalue weighted by molar-refractivity contribution is 0.669. The number of nitrogens with zero attached hydrogens (tertiary/aromatic N) is 4. The number of hydrogen-bond acceptors (Lipinski definition) is 5. The second-order valence-corrected chi connectivity index (χ2v) is 15.4. The molecule has 4 heterocycles. The van der Waals surface area contributed by atoms with E-state index in [-0.39, 0.29) is 0 Å². The second kappa shape index (κ2) is 12.6.